The maximum atomic E-state index is 5.27. The zero-order chi connectivity index (χ0) is 28.3. The van der Waals surface area contributed by atoms with Gasteiger partial charge in [0.05, 0.1) is 22.4 Å². The van der Waals surface area contributed by atoms with Gasteiger partial charge in [-0.15, -0.1) is 0 Å². The number of aromatic nitrogens is 2. The fourth-order valence-corrected chi connectivity index (χ4v) is 5.91. The summed E-state index contributed by atoms with van der Waals surface area (Å²) in [5, 5.41) is 7.24. The molecule has 0 fully saturated rings. The van der Waals surface area contributed by atoms with Gasteiger partial charge in [-0.3, -0.25) is 0 Å². The molecule has 0 amide bonds. The van der Waals surface area contributed by atoms with Crippen LogP contribution in [0.1, 0.15) is 27.7 Å². The number of anilines is 3. The maximum Gasteiger partial charge on any atom is 0.202 e. The minimum Gasteiger partial charge on any atom is -0.372 e. The van der Waals surface area contributed by atoms with Crippen LogP contribution in [0.5, 0.6) is 0 Å². The molecule has 0 atom stereocenters. The van der Waals surface area contributed by atoms with Gasteiger partial charge in [-0.25, -0.2) is 9.56 Å². The summed E-state index contributed by atoms with van der Waals surface area (Å²) in [6.45, 7) is 12.7. The van der Waals surface area contributed by atoms with Crippen LogP contribution in [0.25, 0.3) is 38.9 Å². The van der Waals surface area contributed by atoms with Gasteiger partial charge in [0.2, 0.25) is 5.36 Å². The van der Waals surface area contributed by atoms with Crippen LogP contribution in [0.2, 0.25) is 0 Å². The van der Waals surface area contributed by atoms with E-state index in [1.165, 1.54) is 11.0 Å². The predicted octanol–water partition coefficient (Wildman–Crippen LogP) is 7.69. The zero-order valence-electron chi connectivity index (χ0n) is 24.4. The summed E-state index contributed by atoms with van der Waals surface area (Å²) in [6, 6.07) is 36.9. The Morgan fingerprint density at radius 2 is 1.41 bits per heavy atom. The highest BCUT2D eigenvalue weighted by molar-refractivity contribution is 6.12. The standard InChI is InChI=1S/C36H37N5/c1-5-39(6-2)27-20-18-26(19-21-27)37-33-25-35-36(31-17-13-12-16-30(31)33)38-32-23-22-29(40(7-3)8-4)24-34(32)41(35)28-14-10-9-11-15-28/h9-25H,5-8H2,1-4H3/p+1. The van der Waals surface area contributed by atoms with Crippen molar-refractivity contribution in [1.29, 1.82) is 0 Å². The van der Waals surface area contributed by atoms with Gasteiger partial charge in [0.25, 0.3) is 0 Å². The lowest BCUT2D eigenvalue weighted by molar-refractivity contribution is 0.626. The third-order valence-corrected chi connectivity index (χ3v) is 8.09. The van der Waals surface area contributed by atoms with E-state index in [1.807, 2.05) is 0 Å². The molecule has 4 aromatic carbocycles. The van der Waals surface area contributed by atoms with E-state index in [0.29, 0.717) is 0 Å². The van der Waals surface area contributed by atoms with Crippen molar-refractivity contribution in [2.75, 3.05) is 36.4 Å². The van der Waals surface area contributed by atoms with Crippen molar-refractivity contribution in [3.8, 4) is 17.1 Å². The molecule has 0 unspecified atom stereocenters. The summed E-state index contributed by atoms with van der Waals surface area (Å²) >= 11 is 0. The van der Waals surface area contributed by atoms with Gasteiger partial charge in [0.1, 0.15) is 13.1 Å². The Kier molecular flexibility index (Phi) is 7.43. The van der Waals surface area contributed by atoms with Crippen molar-refractivity contribution >= 4 is 38.9 Å². The Labute approximate surface area is 242 Å². The second kappa shape index (κ2) is 11.5. The van der Waals surface area contributed by atoms with Crippen molar-refractivity contribution in [3.63, 3.8) is 0 Å². The van der Waals surface area contributed by atoms with E-state index >= 15 is 0 Å². The van der Waals surface area contributed by atoms with E-state index in [1.54, 1.807) is 0 Å². The minimum absolute atomic E-state index is 0.958. The SMILES string of the molecule is CCN(CC)c1ccc(Nc2cc3c(nc4ccc(=[N+](CC)CC)cc-4n3-c3ccccc3)c3ccccc23)cc1. The number of nitrogens with one attached hydrogen (secondary N) is 1. The molecule has 41 heavy (non-hydrogen) atoms. The van der Waals surface area contributed by atoms with Crippen LogP contribution < -0.4 is 20.1 Å². The zero-order valence-corrected chi connectivity index (χ0v) is 24.4. The van der Waals surface area contributed by atoms with Gasteiger partial charge in [0, 0.05) is 58.7 Å². The largest absolute Gasteiger partial charge is 0.372 e. The summed E-state index contributed by atoms with van der Waals surface area (Å²) in [5.74, 6) is 0. The lowest BCUT2D eigenvalue weighted by atomic mass is 10.0. The fourth-order valence-electron chi connectivity index (χ4n) is 5.91. The maximum absolute atomic E-state index is 5.27. The molecule has 5 heteroatoms. The number of para-hydroxylation sites is 1. The molecular formula is C36H38N5+. The number of hydrogen-bond donors (Lipinski definition) is 1. The van der Waals surface area contributed by atoms with Crippen molar-refractivity contribution in [3.05, 3.63) is 108 Å². The van der Waals surface area contributed by atoms with Crippen LogP contribution in [0, 0.1) is 0 Å². The van der Waals surface area contributed by atoms with E-state index in [0.717, 1.165) is 76.4 Å². The normalized spacial score (nSPS) is 11.3. The van der Waals surface area contributed by atoms with E-state index in [9.17, 15) is 0 Å². The fraction of sp³-hybridized carbons (Fsp3) is 0.222. The van der Waals surface area contributed by atoms with Gasteiger partial charge in [-0.2, -0.15) is 0 Å². The predicted molar refractivity (Wildman–Crippen MR) is 175 cm³/mol. The van der Waals surface area contributed by atoms with E-state index < -0.39 is 0 Å². The molecule has 1 N–H and O–H groups in total. The second-order valence-electron chi connectivity index (χ2n) is 10.3. The molecule has 0 saturated heterocycles. The molecule has 1 aliphatic carbocycles. The summed E-state index contributed by atoms with van der Waals surface area (Å²) in [7, 11) is 0. The highest BCUT2D eigenvalue weighted by Gasteiger charge is 2.19. The molecular weight excluding hydrogens is 502 g/mol. The van der Waals surface area contributed by atoms with Crippen LogP contribution in [0.3, 0.4) is 0 Å². The molecule has 1 aliphatic heterocycles. The third kappa shape index (κ3) is 4.93. The topological polar surface area (TPSA) is 36.1 Å². The van der Waals surface area contributed by atoms with Crippen LogP contribution in [0.15, 0.2) is 103 Å². The smallest absolute Gasteiger partial charge is 0.202 e. The monoisotopic (exact) mass is 540 g/mol. The van der Waals surface area contributed by atoms with Crippen molar-refractivity contribution < 1.29 is 0 Å². The number of fused-ring (bicyclic) bond motifs is 4. The van der Waals surface area contributed by atoms with E-state index in [-0.39, 0.29) is 0 Å². The summed E-state index contributed by atoms with van der Waals surface area (Å²) < 4.78 is 4.75. The average Bonchev–Trinajstić information content (AvgIpc) is 3.02. The lowest BCUT2D eigenvalue weighted by Crippen LogP contribution is -2.30. The lowest BCUT2D eigenvalue weighted by Gasteiger charge is -2.22. The van der Waals surface area contributed by atoms with Gasteiger partial charge in [-0.05, 0) is 76.2 Å². The molecule has 4 aromatic rings. The summed E-state index contributed by atoms with van der Waals surface area (Å²) in [4.78, 5) is 7.63. The Balaban J connectivity index is 1.63. The molecule has 206 valence electrons. The van der Waals surface area contributed by atoms with Crippen molar-refractivity contribution in [2.45, 2.75) is 27.7 Å². The molecule has 6 rings (SSSR count). The Morgan fingerprint density at radius 3 is 2.10 bits per heavy atom. The van der Waals surface area contributed by atoms with E-state index in [2.05, 4.69) is 150 Å². The number of rotatable bonds is 8. The van der Waals surface area contributed by atoms with Crippen LogP contribution >= 0.6 is 0 Å². The first-order valence-corrected chi connectivity index (χ1v) is 14.8. The Hall–Kier alpha value is -4.64. The Bertz CT molecular complexity index is 1840. The highest BCUT2D eigenvalue weighted by Crippen LogP contribution is 2.37. The molecule has 0 spiro atoms. The average molecular weight is 541 g/mol. The Morgan fingerprint density at radius 1 is 0.732 bits per heavy atom. The van der Waals surface area contributed by atoms with Gasteiger partial charge >= 0.3 is 0 Å². The molecule has 0 aromatic heterocycles. The highest BCUT2D eigenvalue weighted by atomic mass is 15.1. The molecule has 2 aliphatic rings. The minimum atomic E-state index is 0.958. The summed E-state index contributed by atoms with van der Waals surface area (Å²) in [6.07, 6.45) is 0. The molecule has 1 heterocycles. The molecule has 0 radical (unpaired) electrons. The number of nitrogens with zero attached hydrogens (tertiary/aromatic N) is 4. The van der Waals surface area contributed by atoms with E-state index in [4.69, 9.17) is 4.98 Å². The number of hydrogen-bond acceptors (Lipinski definition) is 3. The van der Waals surface area contributed by atoms with Crippen molar-refractivity contribution in [1.82, 2.24) is 14.1 Å². The quantitative estimate of drug-likeness (QED) is 0.122. The van der Waals surface area contributed by atoms with Gasteiger partial charge in [0.15, 0.2) is 0 Å². The first kappa shape index (κ1) is 26.6. The number of benzene rings is 5. The molecule has 0 bridgehead atoms. The van der Waals surface area contributed by atoms with Gasteiger partial charge < -0.3 is 14.8 Å². The third-order valence-electron chi connectivity index (χ3n) is 8.09. The first-order chi connectivity index (χ1) is 20.1. The summed E-state index contributed by atoms with van der Waals surface area (Å²) in [5.41, 5.74) is 8.63. The van der Waals surface area contributed by atoms with Crippen LogP contribution in [-0.4, -0.2) is 35.7 Å². The molecule has 0 saturated carbocycles. The van der Waals surface area contributed by atoms with Crippen LogP contribution in [-0.2, 0) is 0 Å². The second-order valence-corrected chi connectivity index (χ2v) is 10.3. The first-order valence-electron chi connectivity index (χ1n) is 14.8. The van der Waals surface area contributed by atoms with Gasteiger partial charge in [-0.1, -0.05) is 42.5 Å². The van der Waals surface area contributed by atoms with Crippen molar-refractivity contribution in [2.24, 2.45) is 0 Å². The molecule has 5 nitrogen and oxygen atoms in total. The van der Waals surface area contributed by atoms with Crippen LogP contribution in [0.4, 0.5) is 17.1 Å².